The molecule has 1 amide bonds. The van der Waals surface area contributed by atoms with E-state index in [4.69, 9.17) is 0 Å². The standard InChI is InChI=1S/C14H12F3N3O/c1-9(20-12(21)10-5-3-2-4-6-10)11-7-18-13(19-8-11)14(15,16)17/h2-9H,1H3,(H,20,21)/t9-/m1/s1. The van der Waals surface area contributed by atoms with Crippen LogP contribution in [0.1, 0.15) is 34.7 Å². The topological polar surface area (TPSA) is 54.9 Å². The van der Waals surface area contributed by atoms with E-state index in [0.29, 0.717) is 11.1 Å². The number of hydrogen-bond acceptors (Lipinski definition) is 3. The lowest BCUT2D eigenvalue weighted by Gasteiger charge is -2.14. The van der Waals surface area contributed by atoms with E-state index in [1.54, 1.807) is 37.3 Å². The second kappa shape index (κ2) is 5.90. The molecule has 1 N–H and O–H groups in total. The number of alkyl halides is 3. The number of nitrogens with one attached hydrogen (secondary N) is 1. The molecule has 0 aliphatic rings. The molecule has 21 heavy (non-hydrogen) atoms. The van der Waals surface area contributed by atoms with Gasteiger partial charge in [-0.3, -0.25) is 4.79 Å². The minimum atomic E-state index is -4.57. The van der Waals surface area contributed by atoms with E-state index in [1.807, 2.05) is 0 Å². The summed E-state index contributed by atoms with van der Waals surface area (Å²) in [6.45, 7) is 1.65. The highest BCUT2D eigenvalue weighted by Gasteiger charge is 2.34. The summed E-state index contributed by atoms with van der Waals surface area (Å²) in [6.07, 6.45) is -2.45. The molecule has 1 heterocycles. The van der Waals surface area contributed by atoms with E-state index in [1.165, 1.54) is 0 Å². The highest BCUT2D eigenvalue weighted by molar-refractivity contribution is 5.94. The van der Waals surface area contributed by atoms with Crippen LogP contribution >= 0.6 is 0 Å². The average Bonchev–Trinajstić information content (AvgIpc) is 2.47. The third-order valence-corrected chi connectivity index (χ3v) is 2.81. The van der Waals surface area contributed by atoms with Crippen LogP contribution in [0.3, 0.4) is 0 Å². The van der Waals surface area contributed by atoms with Crippen molar-refractivity contribution in [3.05, 3.63) is 59.7 Å². The van der Waals surface area contributed by atoms with Crippen LogP contribution in [0, 0.1) is 0 Å². The molecule has 0 aliphatic heterocycles. The summed E-state index contributed by atoms with van der Waals surface area (Å²) in [5.74, 6) is -1.52. The van der Waals surface area contributed by atoms with Gasteiger partial charge in [0.05, 0.1) is 6.04 Å². The van der Waals surface area contributed by atoms with E-state index in [2.05, 4.69) is 15.3 Å². The third kappa shape index (κ3) is 3.77. The summed E-state index contributed by atoms with van der Waals surface area (Å²) in [5, 5.41) is 2.67. The van der Waals surface area contributed by atoms with Gasteiger partial charge >= 0.3 is 6.18 Å². The van der Waals surface area contributed by atoms with Gasteiger partial charge in [0.25, 0.3) is 5.91 Å². The van der Waals surface area contributed by atoms with Crippen LogP contribution in [0.15, 0.2) is 42.7 Å². The zero-order valence-corrected chi connectivity index (χ0v) is 11.1. The normalized spacial score (nSPS) is 12.8. The minimum Gasteiger partial charge on any atom is -0.345 e. The van der Waals surface area contributed by atoms with Gasteiger partial charge in [-0.1, -0.05) is 18.2 Å². The summed E-state index contributed by atoms with van der Waals surface area (Å²) < 4.78 is 37.1. The van der Waals surface area contributed by atoms with Crippen LogP contribution in [0.25, 0.3) is 0 Å². The molecule has 0 spiro atoms. The molecule has 0 fully saturated rings. The molecule has 0 bridgehead atoms. The molecular weight excluding hydrogens is 283 g/mol. The first-order valence-electron chi connectivity index (χ1n) is 6.13. The van der Waals surface area contributed by atoms with Crippen molar-refractivity contribution in [1.82, 2.24) is 15.3 Å². The highest BCUT2D eigenvalue weighted by Crippen LogP contribution is 2.25. The summed E-state index contributed by atoms with van der Waals surface area (Å²) >= 11 is 0. The van der Waals surface area contributed by atoms with Crippen molar-refractivity contribution in [2.24, 2.45) is 0 Å². The number of amides is 1. The van der Waals surface area contributed by atoms with Crippen molar-refractivity contribution >= 4 is 5.91 Å². The van der Waals surface area contributed by atoms with Crippen molar-refractivity contribution in [2.45, 2.75) is 19.1 Å². The molecule has 1 aromatic heterocycles. The molecule has 1 aromatic carbocycles. The number of nitrogens with zero attached hydrogens (tertiary/aromatic N) is 2. The average molecular weight is 295 g/mol. The Hall–Kier alpha value is -2.44. The Kier molecular flexibility index (Phi) is 4.21. The van der Waals surface area contributed by atoms with Gasteiger partial charge in [-0.15, -0.1) is 0 Å². The lowest BCUT2D eigenvalue weighted by atomic mass is 10.1. The number of aromatic nitrogens is 2. The van der Waals surface area contributed by atoms with Gasteiger partial charge in [-0.2, -0.15) is 13.2 Å². The van der Waals surface area contributed by atoms with E-state index >= 15 is 0 Å². The molecule has 0 unspecified atom stereocenters. The SMILES string of the molecule is C[C@@H](NC(=O)c1ccccc1)c1cnc(C(F)(F)F)nc1. The molecule has 0 saturated carbocycles. The first kappa shape index (κ1) is 15.0. The van der Waals surface area contributed by atoms with Crippen molar-refractivity contribution in [2.75, 3.05) is 0 Å². The maximum atomic E-state index is 12.4. The van der Waals surface area contributed by atoms with Crippen LogP contribution in [0.5, 0.6) is 0 Å². The summed E-state index contributed by atoms with van der Waals surface area (Å²) in [5.41, 5.74) is 0.865. The third-order valence-electron chi connectivity index (χ3n) is 2.81. The molecule has 0 radical (unpaired) electrons. The first-order chi connectivity index (χ1) is 9.88. The van der Waals surface area contributed by atoms with Crippen LogP contribution in [0.2, 0.25) is 0 Å². The Morgan fingerprint density at radius 3 is 2.24 bits per heavy atom. The minimum absolute atomic E-state index is 0.317. The van der Waals surface area contributed by atoms with Crippen LogP contribution in [0.4, 0.5) is 13.2 Å². The Morgan fingerprint density at radius 2 is 1.71 bits per heavy atom. The van der Waals surface area contributed by atoms with Gasteiger partial charge in [-0.05, 0) is 19.1 Å². The smallest absolute Gasteiger partial charge is 0.345 e. The lowest BCUT2D eigenvalue weighted by molar-refractivity contribution is -0.145. The molecule has 110 valence electrons. The van der Waals surface area contributed by atoms with Crippen molar-refractivity contribution in [3.63, 3.8) is 0 Å². The fourth-order valence-electron chi connectivity index (χ4n) is 1.66. The predicted octanol–water partition coefficient (Wildman–Crippen LogP) is 2.99. The maximum Gasteiger partial charge on any atom is 0.451 e. The lowest BCUT2D eigenvalue weighted by Crippen LogP contribution is -2.27. The van der Waals surface area contributed by atoms with Crippen molar-refractivity contribution in [1.29, 1.82) is 0 Å². The van der Waals surface area contributed by atoms with Crippen LogP contribution < -0.4 is 5.32 Å². The van der Waals surface area contributed by atoms with E-state index in [-0.39, 0.29) is 5.91 Å². The fraction of sp³-hybridized carbons (Fsp3) is 0.214. The predicted molar refractivity (Wildman–Crippen MR) is 69.4 cm³/mol. The maximum absolute atomic E-state index is 12.4. The molecule has 7 heteroatoms. The molecule has 2 rings (SSSR count). The first-order valence-corrected chi connectivity index (χ1v) is 6.13. The summed E-state index contributed by atoms with van der Waals surface area (Å²) in [6, 6.07) is 8.02. The van der Waals surface area contributed by atoms with E-state index < -0.39 is 18.0 Å². The molecule has 2 aromatic rings. The van der Waals surface area contributed by atoms with Crippen molar-refractivity contribution < 1.29 is 18.0 Å². The van der Waals surface area contributed by atoms with Gasteiger partial charge < -0.3 is 5.32 Å². The second-order valence-corrected chi connectivity index (χ2v) is 4.40. The molecule has 1 atom stereocenters. The highest BCUT2D eigenvalue weighted by atomic mass is 19.4. The van der Waals surface area contributed by atoms with Crippen LogP contribution in [-0.4, -0.2) is 15.9 Å². The van der Waals surface area contributed by atoms with E-state index in [9.17, 15) is 18.0 Å². The Morgan fingerprint density at radius 1 is 1.14 bits per heavy atom. The zero-order valence-electron chi connectivity index (χ0n) is 11.1. The van der Waals surface area contributed by atoms with Gasteiger partial charge in [0, 0.05) is 23.5 Å². The largest absolute Gasteiger partial charge is 0.451 e. The molecule has 4 nitrogen and oxygen atoms in total. The van der Waals surface area contributed by atoms with Gasteiger partial charge in [-0.25, -0.2) is 9.97 Å². The van der Waals surface area contributed by atoms with E-state index in [0.717, 1.165) is 12.4 Å². The molecule has 0 aliphatic carbocycles. The molecule has 0 saturated heterocycles. The second-order valence-electron chi connectivity index (χ2n) is 4.40. The molecular formula is C14H12F3N3O. The Labute approximate surface area is 119 Å². The van der Waals surface area contributed by atoms with Gasteiger partial charge in [0.2, 0.25) is 5.82 Å². The Bertz CT molecular complexity index is 612. The number of hydrogen-bond donors (Lipinski definition) is 1. The summed E-state index contributed by atoms with van der Waals surface area (Å²) in [7, 11) is 0. The number of benzene rings is 1. The summed E-state index contributed by atoms with van der Waals surface area (Å²) in [4.78, 5) is 18.4. The van der Waals surface area contributed by atoms with Crippen LogP contribution in [-0.2, 0) is 6.18 Å². The number of carbonyl (C=O) groups excluding carboxylic acids is 1. The fourth-order valence-corrected chi connectivity index (χ4v) is 1.66. The monoisotopic (exact) mass is 295 g/mol. The van der Waals surface area contributed by atoms with Crippen molar-refractivity contribution in [3.8, 4) is 0 Å². The quantitative estimate of drug-likeness (QED) is 0.947. The number of rotatable bonds is 3. The number of halogens is 3. The number of carbonyl (C=O) groups is 1. The van der Waals surface area contributed by atoms with Gasteiger partial charge in [0.15, 0.2) is 0 Å². The Balaban J connectivity index is 2.07. The zero-order chi connectivity index (χ0) is 15.5. The van der Waals surface area contributed by atoms with Gasteiger partial charge in [0.1, 0.15) is 0 Å².